The van der Waals surface area contributed by atoms with Gasteiger partial charge in [-0.15, -0.1) is 0 Å². The summed E-state index contributed by atoms with van der Waals surface area (Å²) in [5, 5.41) is 7.76. The number of ether oxygens (including phenoxy) is 1. The topological polar surface area (TPSA) is 109 Å². The largest absolute Gasteiger partial charge is 0.457 e. The lowest BCUT2D eigenvalue weighted by molar-refractivity contribution is -0.127. The van der Waals surface area contributed by atoms with Gasteiger partial charge in [-0.05, 0) is 55.3 Å². The van der Waals surface area contributed by atoms with Crippen LogP contribution in [0, 0.1) is 0 Å². The van der Waals surface area contributed by atoms with Gasteiger partial charge in [-0.1, -0.05) is 36.4 Å². The Bertz CT molecular complexity index is 1510. The van der Waals surface area contributed by atoms with E-state index in [-0.39, 0.29) is 25.0 Å². The van der Waals surface area contributed by atoms with Gasteiger partial charge in [0, 0.05) is 41.3 Å². The fourth-order valence-corrected chi connectivity index (χ4v) is 4.44. The number of aromatic nitrogens is 2. The van der Waals surface area contributed by atoms with Gasteiger partial charge >= 0.3 is 6.09 Å². The van der Waals surface area contributed by atoms with E-state index < -0.39 is 11.6 Å². The van der Waals surface area contributed by atoms with Crippen molar-refractivity contribution in [3.8, 4) is 0 Å². The summed E-state index contributed by atoms with van der Waals surface area (Å²) in [5.41, 5.74) is 2.19. The van der Waals surface area contributed by atoms with Crippen molar-refractivity contribution in [2.75, 3.05) is 0 Å². The van der Waals surface area contributed by atoms with Gasteiger partial charge in [-0.3, -0.25) is 9.78 Å². The van der Waals surface area contributed by atoms with Crippen LogP contribution in [0.25, 0.3) is 21.9 Å². The van der Waals surface area contributed by atoms with Crippen molar-refractivity contribution >= 4 is 33.9 Å². The monoisotopic (exact) mass is 496 g/mol. The predicted octanol–water partition coefficient (Wildman–Crippen LogP) is 5.41. The van der Waals surface area contributed by atoms with Crippen LogP contribution in [-0.4, -0.2) is 27.5 Å². The zero-order valence-electron chi connectivity index (χ0n) is 20.7. The van der Waals surface area contributed by atoms with Crippen LogP contribution >= 0.6 is 0 Å². The molecule has 5 rings (SSSR count). The number of para-hydroxylation sites is 2. The Labute approximate surface area is 214 Å². The maximum Gasteiger partial charge on any atom is 0.408 e. The Morgan fingerprint density at radius 3 is 2.65 bits per heavy atom. The van der Waals surface area contributed by atoms with E-state index in [1.807, 2.05) is 79.9 Å². The normalized spacial score (nSPS) is 13.7. The molecule has 0 bridgehead atoms. The molecule has 3 heterocycles. The summed E-state index contributed by atoms with van der Waals surface area (Å²) in [5.74, 6) is 0.188. The zero-order valence-corrected chi connectivity index (χ0v) is 20.7. The van der Waals surface area contributed by atoms with Crippen LogP contribution < -0.4 is 10.6 Å². The fraction of sp³-hybridized carbons (Fsp3) is 0.207. The first kappa shape index (κ1) is 24.1. The van der Waals surface area contributed by atoms with Gasteiger partial charge in [0.05, 0.1) is 6.04 Å². The number of H-pyrrole nitrogens is 1. The number of carbonyl (C=O) groups excluding carboxylic acids is 2. The van der Waals surface area contributed by atoms with Crippen molar-refractivity contribution in [3.05, 3.63) is 102 Å². The number of pyridine rings is 1. The minimum Gasteiger partial charge on any atom is -0.457 e. The summed E-state index contributed by atoms with van der Waals surface area (Å²) < 4.78 is 11.2. The van der Waals surface area contributed by atoms with Crippen LogP contribution in [0.15, 0.2) is 89.7 Å². The van der Waals surface area contributed by atoms with Crippen LogP contribution in [-0.2, 0) is 22.6 Å². The van der Waals surface area contributed by atoms with E-state index in [4.69, 9.17) is 9.15 Å². The summed E-state index contributed by atoms with van der Waals surface area (Å²) in [6.07, 6.45) is 4.76. The SMILES string of the molecule is CC(NC(=O)C(C)(Cc1c[nH]c2ccccc12)NC(=O)OCc1cc2ccccc2o1)c1ccncc1. The second kappa shape index (κ2) is 10.2. The highest BCUT2D eigenvalue weighted by Crippen LogP contribution is 2.24. The van der Waals surface area contributed by atoms with Crippen molar-refractivity contribution < 1.29 is 18.7 Å². The number of alkyl carbamates (subject to hydrolysis) is 1. The number of benzene rings is 2. The third-order valence-electron chi connectivity index (χ3n) is 6.47. The van der Waals surface area contributed by atoms with E-state index in [9.17, 15) is 9.59 Å². The Morgan fingerprint density at radius 2 is 1.84 bits per heavy atom. The van der Waals surface area contributed by atoms with Crippen molar-refractivity contribution in [1.82, 2.24) is 20.6 Å². The number of amides is 2. The minimum absolute atomic E-state index is 0.0568. The van der Waals surface area contributed by atoms with Crippen molar-refractivity contribution in [2.45, 2.75) is 38.5 Å². The molecular weight excluding hydrogens is 468 g/mol. The number of hydrogen-bond acceptors (Lipinski definition) is 5. The maximum atomic E-state index is 13.6. The number of fused-ring (bicyclic) bond motifs is 2. The second-order valence-electron chi connectivity index (χ2n) is 9.30. The van der Waals surface area contributed by atoms with Crippen molar-refractivity contribution in [2.24, 2.45) is 0 Å². The van der Waals surface area contributed by atoms with Gasteiger partial charge in [0.2, 0.25) is 5.91 Å². The molecule has 2 aromatic carbocycles. The Kier molecular flexibility index (Phi) is 6.64. The second-order valence-corrected chi connectivity index (χ2v) is 9.30. The van der Waals surface area contributed by atoms with Gasteiger partial charge in [-0.25, -0.2) is 4.79 Å². The van der Waals surface area contributed by atoms with E-state index in [2.05, 4.69) is 20.6 Å². The molecule has 0 spiro atoms. The van der Waals surface area contributed by atoms with Gasteiger partial charge < -0.3 is 24.8 Å². The molecule has 0 aliphatic rings. The molecule has 0 aliphatic heterocycles. The maximum absolute atomic E-state index is 13.6. The molecule has 0 saturated heterocycles. The number of furan rings is 1. The lowest BCUT2D eigenvalue weighted by Gasteiger charge is -2.30. The molecule has 2 atom stereocenters. The molecule has 0 aliphatic carbocycles. The first-order chi connectivity index (χ1) is 17.9. The molecule has 2 unspecified atom stereocenters. The lowest BCUT2D eigenvalue weighted by atomic mass is 9.91. The summed E-state index contributed by atoms with van der Waals surface area (Å²) >= 11 is 0. The van der Waals surface area contributed by atoms with Crippen molar-refractivity contribution in [3.63, 3.8) is 0 Å². The number of rotatable bonds is 8. The average molecular weight is 497 g/mol. The number of nitrogens with zero attached hydrogens (tertiary/aromatic N) is 1. The molecule has 188 valence electrons. The third kappa shape index (κ3) is 5.33. The van der Waals surface area contributed by atoms with Crippen molar-refractivity contribution in [1.29, 1.82) is 0 Å². The highest BCUT2D eigenvalue weighted by molar-refractivity contribution is 5.91. The van der Waals surface area contributed by atoms with E-state index in [0.29, 0.717) is 5.76 Å². The van der Waals surface area contributed by atoms with E-state index in [1.54, 1.807) is 19.3 Å². The van der Waals surface area contributed by atoms with Crippen LogP contribution in [0.1, 0.15) is 36.8 Å². The van der Waals surface area contributed by atoms with E-state index in [0.717, 1.165) is 33.0 Å². The molecule has 8 nitrogen and oxygen atoms in total. The fourth-order valence-electron chi connectivity index (χ4n) is 4.44. The molecule has 0 radical (unpaired) electrons. The molecule has 5 aromatic rings. The molecular formula is C29H28N4O4. The van der Waals surface area contributed by atoms with Gasteiger partial charge in [0.15, 0.2) is 6.61 Å². The van der Waals surface area contributed by atoms with E-state index in [1.165, 1.54) is 0 Å². The Balaban J connectivity index is 1.34. The third-order valence-corrected chi connectivity index (χ3v) is 6.47. The molecule has 3 aromatic heterocycles. The summed E-state index contributed by atoms with van der Waals surface area (Å²) in [6.45, 7) is 3.53. The zero-order chi connectivity index (χ0) is 25.8. The standard InChI is InChI=1S/C29H28N4O4/c1-19(20-11-13-30-14-12-20)32-27(34)29(2,16-22-17-31-25-9-5-4-8-24(22)25)33-28(35)36-18-23-15-21-7-3-6-10-26(21)37-23/h3-15,17,19,31H,16,18H2,1-2H3,(H,32,34)(H,33,35). The number of nitrogens with one attached hydrogen (secondary N) is 3. The first-order valence-corrected chi connectivity index (χ1v) is 12.1. The average Bonchev–Trinajstić information content (AvgIpc) is 3.51. The Hall–Kier alpha value is -4.59. The van der Waals surface area contributed by atoms with Gasteiger partial charge in [-0.2, -0.15) is 0 Å². The Morgan fingerprint density at radius 1 is 1.08 bits per heavy atom. The van der Waals surface area contributed by atoms with Crippen LogP contribution in [0.4, 0.5) is 4.79 Å². The number of carbonyl (C=O) groups is 2. The molecule has 0 saturated carbocycles. The highest BCUT2D eigenvalue weighted by atomic mass is 16.6. The smallest absolute Gasteiger partial charge is 0.408 e. The number of aromatic amines is 1. The summed E-state index contributed by atoms with van der Waals surface area (Å²) in [6, 6.07) is 20.6. The predicted molar refractivity (Wildman–Crippen MR) is 141 cm³/mol. The van der Waals surface area contributed by atoms with Gasteiger partial charge in [0.25, 0.3) is 0 Å². The lowest BCUT2D eigenvalue weighted by Crippen LogP contribution is -2.58. The van der Waals surface area contributed by atoms with Crippen LogP contribution in [0.5, 0.6) is 0 Å². The van der Waals surface area contributed by atoms with Crippen LogP contribution in [0.3, 0.4) is 0 Å². The molecule has 3 N–H and O–H groups in total. The van der Waals surface area contributed by atoms with Crippen LogP contribution in [0.2, 0.25) is 0 Å². The summed E-state index contributed by atoms with van der Waals surface area (Å²) in [4.78, 5) is 33.8. The van der Waals surface area contributed by atoms with Gasteiger partial charge in [0.1, 0.15) is 16.9 Å². The molecule has 8 heteroatoms. The molecule has 2 amide bonds. The highest BCUT2D eigenvalue weighted by Gasteiger charge is 2.37. The first-order valence-electron chi connectivity index (χ1n) is 12.1. The quantitative estimate of drug-likeness (QED) is 0.266. The molecule has 0 fully saturated rings. The summed E-state index contributed by atoms with van der Waals surface area (Å²) in [7, 11) is 0. The molecule has 37 heavy (non-hydrogen) atoms. The number of hydrogen-bond donors (Lipinski definition) is 3. The van der Waals surface area contributed by atoms with E-state index >= 15 is 0 Å². The minimum atomic E-state index is -1.29.